The maximum Gasteiger partial charge on any atom is 0.269 e. The summed E-state index contributed by atoms with van der Waals surface area (Å²) in [4.78, 5) is 18.3. The second-order valence-corrected chi connectivity index (χ2v) is 6.99. The summed E-state index contributed by atoms with van der Waals surface area (Å²) in [6.07, 6.45) is 2.37. The van der Waals surface area contributed by atoms with Gasteiger partial charge in [0.25, 0.3) is 12.3 Å². The SMILES string of the molecule is CNC(=O)c1cccc(N2CCCc3cc(-c4cnn(C)c4)c(C(F)F)cc32)n1. The molecule has 3 heterocycles. The van der Waals surface area contributed by atoms with Crippen LogP contribution in [0.3, 0.4) is 0 Å². The van der Waals surface area contributed by atoms with E-state index >= 15 is 0 Å². The van der Waals surface area contributed by atoms with Crippen LogP contribution < -0.4 is 10.2 Å². The lowest BCUT2D eigenvalue weighted by atomic mass is 9.93. The molecule has 1 aliphatic heterocycles. The van der Waals surface area contributed by atoms with E-state index in [-0.39, 0.29) is 17.2 Å². The minimum Gasteiger partial charge on any atom is -0.354 e. The first-order valence-electron chi connectivity index (χ1n) is 9.38. The molecule has 0 atom stereocenters. The van der Waals surface area contributed by atoms with Gasteiger partial charge in [0.15, 0.2) is 0 Å². The number of hydrogen-bond acceptors (Lipinski definition) is 4. The zero-order valence-electron chi connectivity index (χ0n) is 16.2. The van der Waals surface area contributed by atoms with E-state index in [1.165, 1.54) is 0 Å². The first kappa shape index (κ1) is 19.0. The van der Waals surface area contributed by atoms with Crippen molar-refractivity contribution >= 4 is 17.4 Å². The highest BCUT2D eigenvalue weighted by atomic mass is 19.3. The Balaban J connectivity index is 1.82. The molecule has 6 nitrogen and oxygen atoms in total. The van der Waals surface area contributed by atoms with Crippen molar-refractivity contribution in [1.29, 1.82) is 0 Å². The highest BCUT2D eigenvalue weighted by Crippen LogP contribution is 2.40. The van der Waals surface area contributed by atoms with E-state index in [2.05, 4.69) is 15.4 Å². The fourth-order valence-electron chi connectivity index (χ4n) is 3.71. The molecule has 0 saturated heterocycles. The second kappa shape index (κ2) is 7.62. The van der Waals surface area contributed by atoms with Gasteiger partial charge in [0.2, 0.25) is 0 Å². The Kier molecular flexibility index (Phi) is 5.00. The number of amides is 1. The van der Waals surface area contributed by atoms with Crippen LogP contribution in [0.2, 0.25) is 0 Å². The van der Waals surface area contributed by atoms with Crippen LogP contribution in [0.5, 0.6) is 0 Å². The number of halogens is 2. The fourth-order valence-corrected chi connectivity index (χ4v) is 3.71. The molecular formula is C21H21F2N5O. The van der Waals surface area contributed by atoms with Gasteiger partial charge in [-0.15, -0.1) is 0 Å². The number of aromatic nitrogens is 3. The van der Waals surface area contributed by atoms with Gasteiger partial charge in [0.05, 0.1) is 6.20 Å². The van der Waals surface area contributed by atoms with Crippen LogP contribution in [0.1, 0.15) is 34.5 Å². The van der Waals surface area contributed by atoms with Gasteiger partial charge in [0.1, 0.15) is 11.5 Å². The Morgan fingerprint density at radius 1 is 1.28 bits per heavy atom. The van der Waals surface area contributed by atoms with Crippen molar-refractivity contribution in [1.82, 2.24) is 20.1 Å². The molecule has 2 aromatic heterocycles. The normalized spacial score (nSPS) is 13.5. The van der Waals surface area contributed by atoms with E-state index in [4.69, 9.17) is 0 Å². The summed E-state index contributed by atoms with van der Waals surface area (Å²) in [5.74, 6) is 0.283. The number of anilines is 2. The van der Waals surface area contributed by atoms with Gasteiger partial charge in [0, 0.05) is 43.7 Å². The van der Waals surface area contributed by atoms with Crippen molar-refractivity contribution in [2.45, 2.75) is 19.3 Å². The molecule has 3 aromatic rings. The molecule has 1 N–H and O–H groups in total. The van der Waals surface area contributed by atoms with Crippen molar-refractivity contribution in [3.8, 4) is 11.1 Å². The van der Waals surface area contributed by atoms with Crippen molar-refractivity contribution in [3.05, 3.63) is 59.5 Å². The average Bonchev–Trinajstić information content (AvgIpc) is 3.17. The van der Waals surface area contributed by atoms with E-state index < -0.39 is 6.43 Å². The molecule has 0 bridgehead atoms. The van der Waals surface area contributed by atoms with Crippen molar-refractivity contribution in [3.63, 3.8) is 0 Å². The standard InChI is InChI=1S/C21H21F2N5O/c1-24-21(29)17-6-3-7-19(26-17)28-8-4-5-13-9-15(14-11-25-27(2)12-14)16(20(22)23)10-18(13)28/h3,6-7,9-12,20H,4-5,8H2,1-2H3,(H,24,29). The highest BCUT2D eigenvalue weighted by molar-refractivity contribution is 5.92. The van der Waals surface area contributed by atoms with Gasteiger partial charge < -0.3 is 10.2 Å². The van der Waals surface area contributed by atoms with Gasteiger partial charge in [-0.3, -0.25) is 9.48 Å². The molecule has 0 fully saturated rings. The van der Waals surface area contributed by atoms with E-state index in [0.29, 0.717) is 29.2 Å². The number of fused-ring (bicyclic) bond motifs is 1. The second-order valence-electron chi connectivity index (χ2n) is 6.99. The number of hydrogen-bond donors (Lipinski definition) is 1. The Hall–Kier alpha value is -3.29. The number of rotatable bonds is 4. The van der Waals surface area contributed by atoms with E-state index in [0.717, 1.165) is 18.4 Å². The van der Waals surface area contributed by atoms with Gasteiger partial charge in [-0.25, -0.2) is 13.8 Å². The van der Waals surface area contributed by atoms with Gasteiger partial charge in [-0.1, -0.05) is 6.07 Å². The largest absolute Gasteiger partial charge is 0.354 e. The molecule has 0 radical (unpaired) electrons. The quantitative estimate of drug-likeness (QED) is 0.726. The number of carbonyl (C=O) groups is 1. The van der Waals surface area contributed by atoms with Crippen molar-refractivity contribution in [2.24, 2.45) is 7.05 Å². The van der Waals surface area contributed by atoms with E-state index in [9.17, 15) is 13.6 Å². The van der Waals surface area contributed by atoms with E-state index in [1.807, 2.05) is 11.0 Å². The van der Waals surface area contributed by atoms with Crippen LogP contribution in [-0.4, -0.2) is 34.3 Å². The van der Waals surface area contributed by atoms with Crippen LogP contribution in [0.25, 0.3) is 11.1 Å². The first-order valence-corrected chi connectivity index (χ1v) is 9.38. The Bertz CT molecular complexity index is 1060. The topological polar surface area (TPSA) is 63.1 Å². The summed E-state index contributed by atoms with van der Waals surface area (Å²) in [5.41, 5.74) is 3.11. The fraction of sp³-hybridized carbons (Fsp3) is 0.286. The monoisotopic (exact) mass is 397 g/mol. The predicted octanol–water partition coefficient (Wildman–Crippen LogP) is 3.86. The molecule has 1 aromatic carbocycles. The molecule has 0 saturated carbocycles. The van der Waals surface area contributed by atoms with Gasteiger partial charge in [-0.05, 0) is 48.2 Å². The Morgan fingerprint density at radius 2 is 2.10 bits per heavy atom. The summed E-state index contributed by atoms with van der Waals surface area (Å²) in [6, 6.07) is 8.56. The number of nitrogens with zero attached hydrogens (tertiary/aromatic N) is 4. The Labute approximate surface area is 167 Å². The number of pyridine rings is 1. The van der Waals surface area contributed by atoms with Crippen LogP contribution >= 0.6 is 0 Å². The summed E-state index contributed by atoms with van der Waals surface area (Å²) in [7, 11) is 3.30. The lowest BCUT2D eigenvalue weighted by molar-refractivity contribution is 0.0958. The molecule has 4 rings (SSSR count). The number of benzene rings is 1. The van der Waals surface area contributed by atoms with E-state index in [1.54, 1.807) is 55.4 Å². The Morgan fingerprint density at radius 3 is 2.79 bits per heavy atom. The van der Waals surface area contributed by atoms with Crippen LogP contribution in [-0.2, 0) is 13.5 Å². The number of alkyl halides is 2. The number of carbonyl (C=O) groups excluding carboxylic acids is 1. The third-order valence-corrected chi connectivity index (χ3v) is 5.09. The van der Waals surface area contributed by atoms with Crippen LogP contribution in [0, 0.1) is 0 Å². The maximum atomic E-state index is 13.9. The van der Waals surface area contributed by atoms with Gasteiger partial charge in [-0.2, -0.15) is 5.10 Å². The molecule has 1 aliphatic rings. The first-order chi connectivity index (χ1) is 14.0. The minimum absolute atomic E-state index is 0.0360. The zero-order chi connectivity index (χ0) is 20.5. The maximum absolute atomic E-state index is 13.9. The minimum atomic E-state index is -2.62. The third-order valence-electron chi connectivity index (χ3n) is 5.09. The molecule has 8 heteroatoms. The molecule has 0 unspecified atom stereocenters. The average molecular weight is 397 g/mol. The molecule has 0 aliphatic carbocycles. The van der Waals surface area contributed by atoms with Crippen LogP contribution in [0.4, 0.5) is 20.3 Å². The molecule has 150 valence electrons. The van der Waals surface area contributed by atoms with Crippen LogP contribution in [0.15, 0.2) is 42.7 Å². The summed E-state index contributed by atoms with van der Waals surface area (Å²) in [5, 5.41) is 6.67. The molecule has 29 heavy (non-hydrogen) atoms. The van der Waals surface area contributed by atoms with Gasteiger partial charge >= 0.3 is 0 Å². The van der Waals surface area contributed by atoms with Crippen molar-refractivity contribution < 1.29 is 13.6 Å². The zero-order valence-corrected chi connectivity index (χ0v) is 16.2. The van der Waals surface area contributed by atoms with Crippen molar-refractivity contribution in [2.75, 3.05) is 18.5 Å². The lowest BCUT2D eigenvalue weighted by Crippen LogP contribution is -2.27. The smallest absolute Gasteiger partial charge is 0.269 e. The third kappa shape index (κ3) is 3.57. The number of aryl methyl sites for hydroxylation is 2. The molecule has 1 amide bonds. The molecular weight excluding hydrogens is 376 g/mol. The summed E-state index contributed by atoms with van der Waals surface area (Å²) in [6.45, 7) is 0.645. The predicted molar refractivity (Wildman–Crippen MR) is 107 cm³/mol. The summed E-state index contributed by atoms with van der Waals surface area (Å²) >= 11 is 0. The lowest BCUT2D eigenvalue weighted by Gasteiger charge is -2.32. The summed E-state index contributed by atoms with van der Waals surface area (Å²) < 4.78 is 29.4. The highest BCUT2D eigenvalue weighted by Gasteiger charge is 2.25. The number of nitrogens with one attached hydrogen (secondary N) is 1. The molecule has 0 spiro atoms.